The zero-order chi connectivity index (χ0) is 12.1. The lowest BCUT2D eigenvalue weighted by atomic mass is 9.89. The second-order valence-corrected chi connectivity index (χ2v) is 4.40. The van der Waals surface area contributed by atoms with Gasteiger partial charge in [0, 0.05) is 19.2 Å². The Balaban J connectivity index is 1.78. The van der Waals surface area contributed by atoms with Crippen molar-refractivity contribution in [1.29, 1.82) is 5.26 Å². The number of nitrogens with one attached hydrogen (secondary N) is 1. The number of nitrogens with zero attached hydrogens (tertiary/aromatic N) is 1. The maximum absolute atomic E-state index is 8.97. The molecule has 2 rings (SSSR count). The van der Waals surface area contributed by atoms with Gasteiger partial charge >= 0.3 is 0 Å². The summed E-state index contributed by atoms with van der Waals surface area (Å²) in [5, 5.41) is 12.4. The van der Waals surface area contributed by atoms with E-state index < -0.39 is 0 Å². The molecule has 1 aromatic rings. The lowest BCUT2D eigenvalue weighted by molar-refractivity contribution is -0.0102. The van der Waals surface area contributed by atoms with Gasteiger partial charge in [-0.3, -0.25) is 0 Å². The van der Waals surface area contributed by atoms with Crippen LogP contribution in [-0.4, -0.2) is 18.8 Å². The first-order valence-electron chi connectivity index (χ1n) is 6.16. The number of benzene rings is 1. The second-order valence-electron chi connectivity index (χ2n) is 4.40. The molecule has 0 atom stereocenters. The lowest BCUT2D eigenvalue weighted by Gasteiger charge is -2.35. The summed E-state index contributed by atoms with van der Waals surface area (Å²) < 4.78 is 5.51. The van der Waals surface area contributed by atoms with Crippen LogP contribution >= 0.6 is 0 Å². The fourth-order valence-corrected chi connectivity index (χ4v) is 2.14. The molecule has 3 nitrogen and oxygen atoms in total. The minimum atomic E-state index is 0.434. The van der Waals surface area contributed by atoms with Gasteiger partial charge in [-0.15, -0.1) is 0 Å². The smallest absolute Gasteiger partial charge is 0.0995 e. The summed E-state index contributed by atoms with van der Waals surface area (Å²) in [6.45, 7) is 3.60. The summed E-state index contributed by atoms with van der Waals surface area (Å²) in [5.74, 6) is 0. The van der Waals surface area contributed by atoms with Crippen LogP contribution < -0.4 is 5.32 Å². The average molecular weight is 230 g/mol. The summed E-state index contributed by atoms with van der Waals surface area (Å²) in [6, 6.07) is 10.5. The van der Waals surface area contributed by atoms with E-state index in [1.54, 1.807) is 0 Å². The number of hydrogen-bond donors (Lipinski definition) is 1. The Labute approximate surface area is 102 Å². The van der Waals surface area contributed by atoms with Crippen molar-refractivity contribution < 1.29 is 4.74 Å². The molecule has 0 heterocycles. The Hall–Kier alpha value is -1.37. The summed E-state index contributed by atoms with van der Waals surface area (Å²) in [4.78, 5) is 0. The largest absolute Gasteiger partial charge is 0.378 e. The third kappa shape index (κ3) is 3.06. The van der Waals surface area contributed by atoms with Crippen LogP contribution in [0.5, 0.6) is 0 Å². The van der Waals surface area contributed by atoms with Gasteiger partial charge in [0.25, 0.3) is 0 Å². The second kappa shape index (κ2) is 5.81. The molecule has 0 aliphatic heterocycles. The third-order valence-electron chi connectivity index (χ3n) is 3.22. The number of ether oxygens (including phenoxy) is 1. The van der Waals surface area contributed by atoms with E-state index in [2.05, 4.69) is 11.4 Å². The van der Waals surface area contributed by atoms with Crippen molar-refractivity contribution in [2.75, 3.05) is 6.61 Å². The SMILES string of the molecule is CCOC1CC(NCc2ccccc2C#N)C1. The third-order valence-corrected chi connectivity index (χ3v) is 3.22. The van der Waals surface area contributed by atoms with Crippen LogP contribution in [0.4, 0.5) is 0 Å². The predicted octanol–water partition coefficient (Wildman–Crippen LogP) is 2.22. The van der Waals surface area contributed by atoms with Crippen LogP contribution in [0.1, 0.15) is 30.9 Å². The molecule has 0 amide bonds. The zero-order valence-electron chi connectivity index (χ0n) is 10.1. The maximum atomic E-state index is 8.97. The van der Waals surface area contributed by atoms with Crippen molar-refractivity contribution in [3.05, 3.63) is 35.4 Å². The van der Waals surface area contributed by atoms with Crippen molar-refractivity contribution in [3.8, 4) is 6.07 Å². The van der Waals surface area contributed by atoms with Gasteiger partial charge in [0.05, 0.1) is 17.7 Å². The topological polar surface area (TPSA) is 45.0 Å². The van der Waals surface area contributed by atoms with E-state index in [0.717, 1.165) is 37.1 Å². The monoisotopic (exact) mass is 230 g/mol. The normalized spacial score (nSPS) is 22.8. The highest BCUT2D eigenvalue weighted by molar-refractivity contribution is 5.37. The first-order chi connectivity index (χ1) is 8.33. The van der Waals surface area contributed by atoms with Crippen LogP contribution in [0.15, 0.2) is 24.3 Å². The van der Waals surface area contributed by atoms with Crippen molar-refractivity contribution in [1.82, 2.24) is 5.32 Å². The number of rotatable bonds is 5. The Bertz CT molecular complexity index is 405. The Morgan fingerprint density at radius 2 is 2.18 bits per heavy atom. The van der Waals surface area contributed by atoms with Gasteiger partial charge in [-0.25, -0.2) is 0 Å². The van der Waals surface area contributed by atoms with Crippen molar-refractivity contribution in [3.63, 3.8) is 0 Å². The molecule has 17 heavy (non-hydrogen) atoms. The molecule has 1 fully saturated rings. The molecule has 1 N–H and O–H groups in total. The van der Waals surface area contributed by atoms with Crippen LogP contribution in [0.25, 0.3) is 0 Å². The highest BCUT2D eigenvalue weighted by Gasteiger charge is 2.28. The minimum absolute atomic E-state index is 0.434. The molecule has 90 valence electrons. The van der Waals surface area contributed by atoms with Gasteiger partial charge in [-0.1, -0.05) is 18.2 Å². The summed E-state index contributed by atoms with van der Waals surface area (Å²) in [6.07, 6.45) is 2.61. The highest BCUT2D eigenvalue weighted by Crippen LogP contribution is 2.23. The predicted molar refractivity (Wildman–Crippen MR) is 66.4 cm³/mol. The maximum Gasteiger partial charge on any atom is 0.0995 e. The molecule has 1 aliphatic rings. The van der Waals surface area contributed by atoms with E-state index in [4.69, 9.17) is 10.00 Å². The van der Waals surface area contributed by atoms with E-state index in [1.807, 2.05) is 31.2 Å². The Morgan fingerprint density at radius 1 is 1.41 bits per heavy atom. The molecule has 1 saturated carbocycles. The molecule has 1 aromatic carbocycles. The highest BCUT2D eigenvalue weighted by atomic mass is 16.5. The molecule has 1 aliphatic carbocycles. The summed E-state index contributed by atoms with van der Waals surface area (Å²) in [7, 11) is 0. The molecule has 0 saturated heterocycles. The quantitative estimate of drug-likeness (QED) is 0.843. The molecule has 0 bridgehead atoms. The first-order valence-corrected chi connectivity index (χ1v) is 6.16. The molecule has 0 radical (unpaired) electrons. The van der Waals surface area contributed by atoms with Crippen LogP contribution in [0.3, 0.4) is 0 Å². The van der Waals surface area contributed by atoms with E-state index >= 15 is 0 Å². The molecule has 0 unspecified atom stereocenters. The van der Waals surface area contributed by atoms with Gasteiger partial charge in [0.2, 0.25) is 0 Å². The van der Waals surface area contributed by atoms with Crippen molar-refractivity contribution in [2.45, 2.75) is 38.5 Å². The fraction of sp³-hybridized carbons (Fsp3) is 0.500. The van der Waals surface area contributed by atoms with Crippen LogP contribution in [-0.2, 0) is 11.3 Å². The first kappa shape index (κ1) is 12.1. The zero-order valence-corrected chi connectivity index (χ0v) is 10.1. The van der Waals surface area contributed by atoms with E-state index in [1.165, 1.54) is 0 Å². The summed E-state index contributed by atoms with van der Waals surface area (Å²) >= 11 is 0. The van der Waals surface area contributed by atoms with Gasteiger partial charge < -0.3 is 10.1 Å². The Kier molecular flexibility index (Phi) is 4.13. The molecule has 0 spiro atoms. The molecule has 3 heteroatoms. The van der Waals surface area contributed by atoms with Gasteiger partial charge in [-0.05, 0) is 31.4 Å². The average Bonchev–Trinajstić information content (AvgIpc) is 2.32. The standard InChI is InChI=1S/C14H18N2O/c1-2-17-14-7-13(8-14)16-10-12-6-4-3-5-11(12)9-15/h3-6,13-14,16H,2,7-8,10H2,1H3. The van der Waals surface area contributed by atoms with E-state index in [-0.39, 0.29) is 0 Å². The van der Waals surface area contributed by atoms with Crippen molar-refractivity contribution in [2.24, 2.45) is 0 Å². The van der Waals surface area contributed by atoms with Crippen molar-refractivity contribution >= 4 is 0 Å². The van der Waals surface area contributed by atoms with E-state index in [9.17, 15) is 0 Å². The van der Waals surface area contributed by atoms with Crippen LogP contribution in [0, 0.1) is 11.3 Å². The summed E-state index contributed by atoms with van der Waals surface area (Å²) in [5.41, 5.74) is 1.84. The molecular weight excluding hydrogens is 212 g/mol. The van der Waals surface area contributed by atoms with Gasteiger partial charge in [0.1, 0.15) is 0 Å². The molecule has 0 aromatic heterocycles. The fourth-order valence-electron chi connectivity index (χ4n) is 2.14. The lowest BCUT2D eigenvalue weighted by Crippen LogP contribution is -2.45. The number of hydrogen-bond acceptors (Lipinski definition) is 3. The Morgan fingerprint density at radius 3 is 2.88 bits per heavy atom. The van der Waals surface area contributed by atoms with Crippen LogP contribution in [0.2, 0.25) is 0 Å². The number of nitriles is 1. The molecular formula is C14H18N2O. The van der Waals surface area contributed by atoms with Gasteiger partial charge in [0.15, 0.2) is 0 Å². The minimum Gasteiger partial charge on any atom is -0.378 e. The van der Waals surface area contributed by atoms with Gasteiger partial charge in [-0.2, -0.15) is 5.26 Å². The van der Waals surface area contributed by atoms with E-state index in [0.29, 0.717) is 12.1 Å².